The van der Waals surface area contributed by atoms with E-state index in [-0.39, 0.29) is 5.92 Å². The van der Waals surface area contributed by atoms with Crippen molar-refractivity contribution in [3.05, 3.63) is 30.6 Å². The van der Waals surface area contributed by atoms with Gasteiger partial charge in [-0.2, -0.15) is 5.10 Å². The molecule has 0 bridgehead atoms. The van der Waals surface area contributed by atoms with Crippen molar-refractivity contribution in [2.45, 2.75) is 19.4 Å². The average molecular weight is 166 g/mol. The molecule has 0 spiro atoms. The van der Waals surface area contributed by atoms with E-state index in [1.165, 1.54) is 0 Å². The van der Waals surface area contributed by atoms with Gasteiger partial charge in [-0.1, -0.05) is 13.0 Å². The number of H-pyrrole nitrogens is 1. The number of aliphatic hydroxyl groups is 1. The van der Waals surface area contributed by atoms with Crippen molar-refractivity contribution >= 4 is 0 Å². The molecule has 0 fully saturated rings. The van der Waals surface area contributed by atoms with Crippen LogP contribution < -0.4 is 0 Å². The van der Waals surface area contributed by atoms with Gasteiger partial charge in [-0.05, 0) is 12.3 Å². The second kappa shape index (κ2) is 4.07. The Bertz CT molecular complexity index is 231. The fraction of sp³-hybridized carbons (Fsp3) is 0.444. The summed E-state index contributed by atoms with van der Waals surface area (Å²) >= 11 is 0. The smallest absolute Gasteiger partial charge is 0.0848 e. The summed E-state index contributed by atoms with van der Waals surface area (Å²) in [6.45, 7) is 5.62. The highest BCUT2D eigenvalue weighted by atomic mass is 16.3. The zero-order valence-electron chi connectivity index (χ0n) is 7.20. The minimum absolute atomic E-state index is 0.195. The second-order valence-corrected chi connectivity index (χ2v) is 2.98. The van der Waals surface area contributed by atoms with Crippen LogP contribution in [0, 0.1) is 5.92 Å². The van der Waals surface area contributed by atoms with Crippen LogP contribution in [0.2, 0.25) is 0 Å². The molecule has 2 unspecified atom stereocenters. The molecule has 1 rings (SSSR count). The van der Waals surface area contributed by atoms with Crippen molar-refractivity contribution < 1.29 is 5.11 Å². The first-order chi connectivity index (χ1) is 5.75. The molecule has 3 nitrogen and oxygen atoms in total. The zero-order valence-corrected chi connectivity index (χ0v) is 7.20. The molecule has 0 saturated heterocycles. The van der Waals surface area contributed by atoms with Crippen LogP contribution in [0.3, 0.4) is 0 Å². The van der Waals surface area contributed by atoms with Gasteiger partial charge in [0.15, 0.2) is 0 Å². The monoisotopic (exact) mass is 166 g/mol. The summed E-state index contributed by atoms with van der Waals surface area (Å²) in [5.74, 6) is 0.195. The van der Waals surface area contributed by atoms with Crippen molar-refractivity contribution in [2.24, 2.45) is 5.92 Å². The molecule has 2 atom stereocenters. The number of nitrogens with zero attached hydrogens (tertiary/aromatic N) is 1. The van der Waals surface area contributed by atoms with E-state index in [0.717, 1.165) is 12.0 Å². The number of rotatable bonds is 4. The lowest BCUT2D eigenvalue weighted by Gasteiger charge is -2.14. The van der Waals surface area contributed by atoms with Gasteiger partial charge in [-0.15, -0.1) is 6.58 Å². The summed E-state index contributed by atoms with van der Waals surface area (Å²) in [7, 11) is 0. The highest BCUT2D eigenvalue weighted by molar-refractivity contribution is 5.07. The van der Waals surface area contributed by atoms with Crippen LogP contribution in [0.15, 0.2) is 25.0 Å². The predicted molar refractivity (Wildman–Crippen MR) is 47.5 cm³/mol. The largest absolute Gasteiger partial charge is 0.388 e. The van der Waals surface area contributed by atoms with Crippen molar-refractivity contribution in [3.63, 3.8) is 0 Å². The summed E-state index contributed by atoms with van der Waals surface area (Å²) in [6.07, 6.45) is 5.54. The highest BCUT2D eigenvalue weighted by Crippen LogP contribution is 2.22. The van der Waals surface area contributed by atoms with Crippen LogP contribution in [0.25, 0.3) is 0 Å². The van der Waals surface area contributed by atoms with Gasteiger partial charge < -0.3 is 5.11 Å². The summed E-state index contributed by atoms with van der Waals surface area (Å²) in [4.78, 5) is 0. The van der Waals surface area contributed by atoms with Crippen molar-refractivity contribution in [3.8, 4) is 0 Å². The molecule has 0 aliphatic carbocycles. The first-order valence-corrected chi connectivity index (χ1v) is 4.03. The molecular weight excluding hydrogens is 152 g/mol. The number of nitrogens with one attached hydrogen (secondary N) is 1. The van der Waals surface area contributed by atoms with Gasteiger partial charge in [0.25, 0.3) is 0 Å². The molecule has 12 heavy (non-hydrogen) atoms. The highest BCUT2D eigenvalue weighted by Gasteiger charge is 2.15. The van der Waals surface area contributed by atoms with Gasteiger partial charge in [-0.25, -0.2) is 0 Å². The standard InChI is InChI=1S/C9H14N2O/c1-3-4-7(2)9(12)8-5-10-11-6-8/h3,5-7,9,12H,1,4H2,2H3,(H,10,11). The van der Waals surface area contributed by atoms with Crippen molar-refractivity contribution in [2.75, 3.05) is 0 Å². The fourth-order valence-electron chi connectivity index (χ4n) is 1.14. The average Bonchev–Trinajstić information content (AvgIpc) is 2.55. The van der Waals surface area contributed by atoms with E-state index in [1.54, 1.807) is 12.4 Å². The molecule has 0 aliphatic heterocycles. The fourth-order valence-corrected chi connectivity index (χ4v) is 1.14. The Labute approximate surface area is 72.1 Å². The van der Waals surface area contributed by atoms with Crippen LogP contribution in [-0.4, -0.2) is 15.3 Å². The van der Waals surface area contributed by atoms with E-state index in [2.05, 4.69) is 16.8 Å². The first-order valence-electron chi connectivity index (χ1n) is 4.03. The molecule has 0 amide bonds. The van der Waals surface area contributed by atoms with Crippen molar-refractivity contribution in [1.82, 2.24) is 10.2 Å². The van der Waals surface area contributed by atoms with Crippen LogP contribution in [0.5, 0.6) is 0 Å². The maximum atomic E-state index is 9.70. The lowest BCUT2D eigenvalue weighted by Crippen LogP contribution is -2.07. The van der Waals surface area contributed by atoms with Crippen LogP contribution in [0.1, 0.15) is 25.0 Å². The van der Waals surface area contributed by atoms with E-state index in [0.29, 0.717) is 0 Å². The number of aromatic nitrogens is 2. The Kier molecular flexibility index (Phi) is 3.05. The normalized spacial score (nSPS) is 15.5. The number of aliphatic hydroxyl groups excluding tert-OH is 1. The number of aromatic amines is 1. The topological polar surface area (TPSA) is 48.9 Å². The van der Waals surface area contributed by atoms with Crippen LogP contribution in [-0.2, 0) is 0 Å². The third-order valence-corrected chi connectivity index (χ3v) is 1.94. The van der Waals surface area contributed by atoms with Gasteiger partial charge in [0.05, 0.1) is 12.3 Å². The van der Waals surface area contributed by atoms with E-state index in [1.807, 2.05) is 13.0 Å². The molecule has 1 aromatic rings. The molecule has 1 heterocycles. The number of hydrogen-bond acceptors (Lipinski definition) is 2. The van der Waals surface area contributed by atoms with E-state index in [9.17, 15) is 5.11 Å². The zero-order chi connectivity index (χ0) is 8.97. The van der Waals surface area contributed by atoms with E-state index >= 15 is 0 Å². The number of allylic oxidation sites excluding steroid dienone is 1. The second-order valence-electron chi connectivity index (χ2n) is 2.98. The molecule has 2 N–H and O–H groups in total. The van der Waals surface area contributed by atoms with Gasteiger partial charge in [0.2, 0.25) is 0 Å². The van der Waals surface area contributed by atoms with Crippen LogP contribution in [0.4, 0.5) is 0 Å². The third kappa shape index (κ3) is 1.95. The lowest BCUT2D eigenvalue weighted by molar-refractivity contribution is 0.119. The molecule has 0 radical (unpaired) electrons. The van der Waals surface area contributed by atoms with E-state index in [4.69, 9.17) is 0 Å². The predicted octanol–water partition coefficient (Wildman–Crippen LogP) is 1.66. The Morgan fingerprint density at radius 2 is 2.58 bits per heavy atom. The Hall–Kier alpha value is -1.09. The first kappa shape index (κ1) is 9.00. The summed E-state index contributed by atoms with van der Waals surface area (Å²) < 4.78 is 0. The molecule has 3 heteroatoms. The molecule has 0 aliphatic rings. The van der Waals surface area contributed by atoms with Gasteiger partial charge in [0, 0.05) is 11.8 Å². The Balaban J connectivity index is 2.58. The molecule has 66 valence electrons. The number of hydrogen-bond donors (Lipinski definition) is 2. The minimum Gasteiger partial charge on any atom is -0.388 e. The lowest BCUT2D eigenvalue weighted by atomic mass is 9.97. The maximum absolute atomic E-state index is 9.70. The Morgan fingerprint density at radius 1 is 1.83 bits per heavy atom. The summed E-state index contributed by atoms with van der Waals surface area (Å²) in [6, 6.07) is 0. The third-order valence-electron chi connectivity index (χ3n) is 1.94. The molecule has 0 aromatic carbocycles. The summed E-state index contributed by atoms with van der Waals surface area (Å²) in [5, 5.41) is 16.1. The minimum atomic E-state index is -0.443. The van der Waals surface area contributed by atoms with Gasteiger partial charge >= 0.3 is 0 Å². The summed E-state index contributed by atoms with van der Waals surface area (Å²) in [5.41, 5.74) is 0.837. The van der Waals surface area contributed by atoms with E-state index < -0.39 is 6.10 Å². The maximum Gasteiger partial charge on any atom is 0.0848 e. The SMILES string of the molecule is C=CCC(C)C(O)c1cn[nH]c1. The van der Waals surface area contributed by atoms with Crippen molar-refractivity contribution in [1.29, 1.82) is 0 Å². The molecular formula is C9H14N2O. The van der Waals surface area contributed by atoms with Gasteiger partial charge in [-0.3, -0.25) is 5.10 Å². The molecule has 1 aromatic heterocycles. The Morgan fingerprint density at radius 3 is 3.08 bits per heavy atom. The quantitative estimate of drug-likeness (QED) is 0.668. The molecule has 0 saturated carbocycles. The van der Waals surface area contributed by atoms with Crippen LogP contribution >= 0.6 is 0 Å². The van der Waals surface area contributed by atoms with Gasteiger partial charge in [0.1, 0.15) is 0 Å².